The first-order valence-corrected chi connectivity index (χ1v) is 9.01. The van der Waals surface area contributed by atoms with E-state index in [1.807, 2.05) is 0 Å². The number of carbonyl (C=O) groups is 2. The highest BCUT2D eigenvalue weighted by molar-refractivity contribution is 7.17. The van der Waals surface area contributed by atoms with Gasteiger partial charge in [-0.1, -0.05) is 6.92 Å². The number of hydrogen-bond donors (Lipinski definition) is 3. The Balaban J connectivity index is 1.74. The van der Waals surface area contributed by atoms with Gasteiger partial charge in [-0.25, -0.2) is 0 Å². The molecule has 0 unspecified atom stereocenters. The van der Waals surface area contributed by atoms with Crippen LogP contribution in [-0.2, 0) is 22.4 Å². The van der Waals surface area contributed by atoms with Crippen molar-refractivity contribution < 1.29 is 19.2 Å². The molecule has 0 aromatic carbocycles. The van der Waals surface area contributed by atoms with E-state index in [0.29, 0.717) is 36.2 Å². The Morgan fingerprint density at radius 1 is 1.39 bits per heavy atom. The first kappa shape index (κ1) is 16.4. The van der Waals surface area contributed by atoms with Gasteiger partial charge in [-0.3, -0.25) is 9.59 Å². The van der Waals surface area contributed by atoms with Crippen molar-refractivity contribution in [3.05, 3.63) is 16.0 Å². The molecule has 1 aromatic heterocycles. The van der Waals surface area contributed by atoms with Gasteiger partial charge in [0.25, 0.3) is 11.8 Å². The van der Waals surface area contributed by atoms with Gasteiger partial charge in [0.05, 0.1) is 18.8 Å². The van der Waals surface area contributed by atoms with Gasteiger partial charge in [0.1, 0.15) is 18.1 Å². The van der Waals surface area contributed by atoms with Crippen molar-refractivity contribution in [3.63, 3.8) is 0 Å². The number of rotatable bonds is 4. The van der Waals surface area contributed by atoms with Gasteiger partial charge in [0.15, 0.2) is 6.54 Å². The molecule has 4 N–H and O–H groups in total. The van der Waals surface area contributed by atoms with Crippen LogP contribution in [0.5, 0.6) is 0 Å². The van der Waals surface area contributed by atoms with E-state index in [-0.39, 0.29) is 5.91 Å². The van der Waals surface area contributed by atoms with E-state index in [1.54, 1.807) is 0 Å². The Morgan fingerprint density at radius 3 is 2.83 bits per heavy atom. The number of amides is 2. The Morgan fingerprint density at radius 2 is 2.13 bits per heavy atom. The van der Waals surface area contributed by atoms with Crippen molar-refractivity contribution in [2.75, 3.05) is 38.2 Å². The lowest BCUT2D eigenvalue weighted by molar-refractivity contribution is -0.899. The minimum atomic E-state index is -0.439. The van der Waals surface area contributed by atoms with E-state index in [4.69, 9.17) is 10.5 Å². The standard InChI is InChI=1S/C16H23N3O3S/c1-10-2-3-11-12(8-10)23-16(14(11)15(17)21)18-13(20)9-19-4-6-22-7-5-19/h10H,2-9H2,1H3,(H2,17,21)(H,18,20)/p+1/t10-/m0/s1. The Bertz CT molecular complexity index is 608. The van der Waals surface area contributed by atoms with Crippen LogP contribution in [0.2, 0.25) is 0 Å². The lowest BCUT2D eigenvalue weighted by Crippen LogP contribution is -3.15. The van der Waals surface area contributed by atoms with Crippen molar-refractivity contribution in [1.82, 2.24) is 0 Å². The van der Waals surface area contributed by atoms with Gasteiger partial charge in [-0.05, 0) is 30.7 Å². The number of quaternary nitrogens is 1. The molecule has 0 bridgehead atoms. The molecular weight excluding hydrogens is 314 g/mol. The minimum absolute atomic E-state index is 0.0592. The average molecular weight is 338 g/mol. The highest BCUT2D eigenvalue weighted by Crippen LogP contribution is 2.39. The summed E-state index contributed by atoms with van der Waals surface area (Å²) in [4.78, 5) is 26.6. The van der Waals surface area contributed by atoms with Crippen molar-refractivity contribution >= 4 is 28.2 Å². The van der Waals surface area contributed by atoms with E-state index in [0.717, 1.165) is 37.9 Å². The molecule has 23 heavy (non-hydrogen) atoms. The molecule has 0 radical (unpaired) electrons. The molecule has 2 amide bonds. The fourth-order valence-electron chi connectivity index (χ4n) is 3.33. The summed E-state index contributed by atoms with van der Waals surface area (Å²) in [7, 11) is 0. The number of primary amides is 1. The van der Waals surface area contributed by atoms with Crippen molar-refractivity contribution in [1.29, 1.82) is 0 Å². The van der Waals surface area contributed by atoms with E-state index in [9.17, 15) is 9.59 Å². The molecule has 126 valence electrons. The van der Waals surface area contributed by atoms with Crippen molar-refractivity contribution in [2.24, 2.45) is 11.7 Å². The number of nitrogens with one attached hydrogen (secondary N) is 2. The number of ether oxygens (including phenoxy) is 1. The minimum Gasteiger partial charge on any atom is -0.370 e. The zero-order valence-corrected chi connectivity index (χ0v) is 14.3. The SMILES string of the molecule is C[C@H]1CCc2c(sc(NC(=O)C[NH+]3CCOCC3)c2C(N)=O)C1. The molecule has 1 aliphatic heterocycles. The zero-order valence-electron chi connectivity index (χ0n) is 13.4. The quantitative estimate of drug-likeness (QED) is 0.712. The third kappa shape index (κ3) is 3.73. The molecule has 3 rings (SSSR count). The topological polar surface area (TPSA) is 85.9 Å². The maximum atomic E-state index is 12.3. The monoisotopic (exact) mass is 338 g/mol. The van der Waals surface area contributed by atoms with Crippen LogP contribution in [0, 0.1) is 5.92 Å². The molecule has 1 atom stereocenters. The fraction of sp³-hybridized carbons (Fsp3) is 0.625. The predicted molar refractivity (Wildman–Crippen MR) is 89.0 cm³/mol. The second kappa shape index (κ2) is 6.98. The van der Waals surface area contributed by atoms with Crippen LogP contribution in [0.15, 0.2) is 0 Å². The zero-order chi connectivity index (χ0) is 16.4. The van der Waals surface area contributed by atoms with Crippen LogP contribution in [0.4, 0.5) is 5.00 Å². The molecular formula is C16H24N3O3S+. The first-order chi connectivity index (χ1) is 11.0. The number of morpholine rings is 1. The summed E-state index contributed by atoms with van der Waals surface area (Å²) in [6.07, 6.45) is 2.90. The number of anilines is 1. The second-order valence-corrected chi connectivity index (χ2v) is 7.61. The number of hydrogen-bond acceptors (Lipinski definition) is 4. The molecule has 1 aromatic rings. The van der Waals surface area contributed by atoms with Gasteiger partial charge in [-0.15, -0.1) is 11.3 Å². The molecule has 1 fully saturated rings. The Hall–Kier alpha value is -1.44. The highest BCUT2D eigenvalue weighted by Gasteiger charge is 2.28. The number of carbonyl (C=O) groups excluding carboxylic acids is 2. The van der Waals surface area contributed by atoms with Crippen LogP contribution in [0.1, 0.15) is 34.1 Å². The molecule has 2 heterocycles. The first-order valence-electron chi connectivity index (χ1n) is 8.20. The largest absolute Gasteiger partial charge is 0.370 e. The second-order valence-electron chi connectivity index (χ2n) is 6.51. The van der Waals surface area contributed by atoms with Crippen LogP contribution in [0.3, 0.4) is 0 Å². The van der Waals surface area contributed by atoms with Gasteiger partial charge in [0, 0.05) is 4.88 Å². The summed E-state index contributed by atoms with van der Waals surface area (Å²) < 4.78 is 5.30. The number of fused-ring (bicyclic) bond motifs is 1. The summed E-state index contributed by atoms with van der Waals surface area (Å²) >= 11 is 1.52. The molecule has 1 saturated heterocycles. The van der Waals surface area contributed by atoms with Crippen LogP contribution in [-0.4, -0.2) is 44.7 Å². The number of nitrogens with two attached hydrogens (primary N) is 1. The highest BCUT2D eigenvalue weighted by atomic mass is 32.1. The van der Waals surface area contributed by atoms with E-state index < -0.39 is 5.91 Å². The van der Waals surface area contributed by atoms with Gasteiger partial charge in [-0.2, -0.15) is 0 Å². The smallest absolute Gasteiger partial charge is 0.280 e. The lowest BCUT2D eigenvalue weighted by atomic mass is 9.88. The third-order valence-electron chi connectivity index (χ3n) is 4.62. The summed E-state index contributed by atoms with van der Waals surface area (Å²) in [5.74, 6) is 0.116. The van der Waals surface area contributed by atoms with Gasteiger partial charge >= 0.3 is 0 Å². The summed E-state index contributed by atoms with van der Waals surface area (Å²) in [6.45, 7) is 5.69. The van der Waals surface area contributed by atoms with Crippen LogP contribution >= 0.6 is 11.3 Å². The van der Waals surface area contributed by atoms with Crippen molar-refractivity contribution in [3.8, 4) is 0 Å². The van der Waals surface area contributed by atoms with Crippen molar-refractivity contribution in [2.45, 2.75) is 26.2 Å². The predicted octanol–water partition coefficient (Wildman–Crippen LogP) is -0.175. The average Bonchev–Trinajstić information content (AvgIpc) is 2.84. The van der Waals surface area contributed by atoms with Crippen LogP contribution < -0.4 is 16.0 Å². The Kier molecular flexibility index (Phi) is 4.99. The van der Waals surface area contributed by atoms with Gasteiger partial charge < -0.3 is 20.7 Å². The summed E-state index contributed by atoms with van der Waals surface area (Å²) in [5, 5.41) is 3.56. The van der Waals surface area contributed by atoms with Gasteiger partial charge in [0.2, 0.25) is 0 Å². The molecule has 0 spiro atoms. The maximum absolute atomic E-state index is 12.3. The van der Waals surface area contributed by atoms with E-state index >= 15 is 0 Å². The lowest BCUT2D eigenvalue weighted by Gasteiger charge is -2.23. The third-order valence-corrected chi connectivity index (χ3v) is 5.79. The maximum Gasteiger partial charge on any atom is 0.280 e. The molecule has 6 nitrogen and oxygen atoms in total. The Labute approximate surface area is 140 Å². The molecule has 7 heteroatoms. The van der Waals surface area contributed by atoms with Crippen LogP contribution in [0.25, 0.3) is 0 Å². The fourth-order valence-corrected chi connectivity index (χ4v) is 4.77. The molecule has 1 aliphatic carbocycles. The normalized spacial score (nSPS) is 21.7. The van der Waals surface area contributed by atoms with E-state index in [1.165, 1.54) is 21.1 Å². The summed E-state index contributed by atoms with van der Waals surface area (Å²) in [5.41, 5.74) is 7.15. The summed E-state index contributed by atoms with van der Waals surface area (Å²) in [6, 6.07) is 0. The van der Waals surface area contributed by atoms with E-state index in [2.05, 4.69) is 12.2 Å². The number of thiophene rings is 1. The molecule has 2 aliphatic rings. The molecule has 0 saturated carbocycles.